The second-order valence-corrected chi connectivity index (χ2v) is 6.24. The fourth-order valence-corrected chi connectivity index (χ4v) is 2.63. The first kappa shape index (κ1) is 18.0. The van der Waals surface area contributed by atoms with E-state index in [1.165, 1.54) is 35.4 Å². The lowest BCUT2D eigenvalue weighted by Gasteiger charge is -2.21. The molecular weight excluding hydrogens is 305 g/mol. The van der Waals surface area contributed by atoms with Gasteiger partial charge in [-0.2, -0.15) is 0 Å². The lowest BCUT2D eigenvalue weighted by Crippen LogP contribution is -2.38. The lowest BCUT2D eigenvalue weighted by molar-refractivity contribution is -0.127. The number of carbonyl (C=O) groups excluding carboxylic acids is 1. The third kappa shape index (κ3) is 4.34. The van der Waals surface area contributed by atoms with Crippen molar-refractivity contribution in [2.75, 3.05) is 0 Å². The molecule has 0 saturated carbocycles. The third-order valence-corrected chi connectivity index (χ3v) is 4.20. The van der Waals surface area contributed by atoms with E-state index in [4.69, 9.17) is 4.74 Å². The monoisotopic (exact) mass is 329 g/mol. The van der Waals surface area contributed by atoms with Gasteiger partial charge in [0.2, 0.25) is 0 Å². The topological polar surface area (TPSA) is 38.3 Å². The molecular formula is C20H24FNO2. The SMILES string of the molecule is Cc1cc(C)c([C@H](C)NC(=O)[C@@H](C)Oc2ccc(F)cc2)cc1C. The van der Waals surface area contributed by atoms with Gasteiger partial charge in [0.25, 0.3) is 5.91 Å². The molecule has 0 spiro atoms. The second kappa shape index (κ2) is 7.47. The molecule has 24 heavy (non-hydrogen) atoms. The van der Waals surface area contributed by atoms with Crippen molar-refractivity contribution >= 4 is 5.91 Å². The molecule has 128 valence electrons. The number of ether oxygens (including phenoxy) is 1. The van der Waals surface area contributed by atoms with Crippen LogP contribution < -0.4 is 10.1 Å². The average Bonchev–Trinajstić information content (AvgIpc) is 2.52. The van der Waals surface area contributed by atoms with E-state index in [0.717, 1.165) is 11.1 Å². The summed E-state index contributed by atoms with van der Waals surface area (Å²) < 4.78 is 18.5. The van der Waals surface area contributed by atoms with Crippen LogP contribution in [0.3, 0.4) is 0 Å². The van der Waals surface area contributed by atoms with Crippen LogP contribution in [0.1, 0.15) is 42.1 Å². The van der Waals surface area contributed by atoms with Gasteiger partial charge in [0.1, 0.15) is 11.6 Å². The standard InChI is InChI=1S/C20H24FNO2/c1-12-10-14(3)19(11-13(12)2)15(4)22-20(23)16(5)24-18-8-6-17(21)7-9-18/h6-11,15-16H,1-5H3,(H,22,23)/t15-,16+/m0/s1. The van der Waals surface area contributed by atoms with Crippen molar-refractivity contribution in [3.05, 3.63) is 64.5 Å². The molecule has 0 unspecified atom stereocenters. The van der Waals surface area contributed by atoms with Crippen LogP contribution in [0.4, 0.5) is 4.39 Å². The minimum Gasteiger partial charge on any atom is -0.481 e. The molecule has 2 atom stereocenters. The van der Waals surface area contributed by atoms with Gasteiger partial charge in [-0.25, -0.2) is 4.39 Å². The molecule has 0 aromatic heterocycles. The number of rotatable bonds is 5. The number of hydrogen-bond donors (Lipinski definition) is 1. The van der Waals surface area contributed by atoms with E-state index in [2.05, 4.69) is 31.3 Å². The lowest BCUT2D eigenvalue weighted by atomic mass is 9.96. The van der Waals surface area contributed by atoms with Gasteiger partial charge in [-0.3, -0.25) is 4.79 Å². The number of aryl methyl sites for hydroxylation is 3. The van der Waals surface area contributed by atoms with Gasteiger partial charge in [0.15, 0.2) is 6.10 Å². The number of benzene rings is 2. The Morgan fingerprint density at radius 3 is 2.21 bits per heavy atom. The van der Waals surface area contributed by atoms with Gasteiger partial charge in [-0.1, -0.05) is 12.1 Å². The molecule has 2 aromatic carbocycles. The molecule has 1 N–H and O–H groups in total. The molecule has 0 fully saturated rings. The number of nitrogens with one attached hydrogen (secondary N) is 1. The van der Waals surface area contributed by atoms with Crippen LogP contribution >= 0.6 is 0 Å². The summed E-state index contributed by atoms with van der Waals surface area (Å²) in [5.74, 6) is -0.0724. The maximum atomic E-state index is 12.9. The second-order valence-electron chi connectivity index (χ2n) is 6.24. The summed E-state index contributed by atoms with van der Waals surface area (Å²) in [7, 11) is 0. The van der Waals surface area contributed by atoms with Gasteiger partial charge in [0.05, 0.1) is 6.04 Å². The van der Waals surface area contributed by atoms with Crippen LogP contribution in [0.2, 0.25) is 0 Å². The molecule has 4 heteroatoms. The smallest absolute Gasteiger partial charge is 0.261 e. The Kier molecular flexibility index (Phi) is 5.60. The van der Waals surface area contributed by atoms with Crippen molar-refractivity contribution in [2.24, 2.45) is 0 Å². The Labute approximate surface area is 142 Å². The van der Waals surface area contributed by atoms with Gasteiger partial charge >= 0.3 is 0 Å². The van der Waals surface area contributed by atoms with Gasteiger partial charge in [0, 0.05) is 0 Å². The minimum absolute atomic E-state index is 0.115. The summed E-state index contributed by atoms with van der Waals surface area (Å²) in [5.41, 5.74) is 4.69. The van der Waals surface area contributed by atoms with E-state index in [1.54, 1.807) is 6.92 Å². The van der Waals surface area contributed by atoms with Crippen LogP contribution in [0.25, 0.3) is 0 Å². The normalized spacial score (nSPS) is 13.2. The highest BCUT2D eigenvalue weighted by Gasteiger charge is 2.19. The maximum Gasteiger partial charge on any atom is 0.261 e. The number of hydrogen-bond acceptors (Lipinski definition) is 2. The molecule has 0 radical (unpaired) electrons. The predicted molar refractivity (Wildman–Crippen MR) is 93.7 cm³/mol. The highest BCUT2D eigenvalue weighted by molar-refractivity contribution is 5.81. The molecule has 0 aliphatic carbocycles. The first-order valence-electron chi connectivity index (χ1n) is 8.08. The van der Waals surface area contributed by atoms with Crippen LogP contribution in [-0.4, -0.2) is 12.0 Å². The predicted octanol–water partition coefficient (Wildman–Crippen LogP) is 4.40. The zero-order valence-corrected chi connectivity index (χ0v) is 14.8. The number of amides is 1. The first-order chi connectivity index (χ1) is 11.3. The molecule has 0 heterocycles. The number of carbonyl (C=O) groups is 1. The summed E-state index contributed by atoms with van der Waals surface area (Å²) in [4.78, 5) is 12.4. The third-order valence-electron chi connectivity index (χ3n) is 4.20. The van der Waals surface area contributed by atoms with Gasteiger partial charge in [-0.05, 0) is 81.1 Å². The Bertz CT molecular complexity index is 725. The fraction of sp³-hybridized carbons (Fsp3) is 0.350. The van der Waals surface area contributed by atoms with E-state index in [1.807, 2.05) is 13.8 Å². The van der Waals surface area contributed by atoms with E-state index in [9.17, 15) is 9.18 Å². The van der Waals surface area contributed by atoms with E-state index < -0.39 is 6.10 Å². The largest absolute Gasteiger partial charge is 0.481 e. The minimum atomic E-state index is -0.662. The molecule has 0 aliphatic rings. The van der Waals surface area contributed by atoms with Crippen LogP contribution in [0.15, 0.2) is 36.4 Å². The summed E-state index contributed by atoms with van der Waals surface area (Å²) in [6.45, 7) is 9.82. The van der Waals surface area contributed by atoms with E-state index >= 15 is 0 Å². The number of halogens is 1. The molecule has 0 bridgehead atoms. The van der Waals surface area contributed by atoms with E-state index in [0.29, 0.717) is 5.75 Å². The van der Waals surface area contributed by atoms with Crippen molar-refractivity contribution in [2.45, 2.75) is 46.8 Å². The van der Waals surface area contributed by atoms with Crippen molar-refractivity contribution in [1.29, 1.82) is 0 Å². The average molecular weight is 329 g/mol. The van der Waals surface area contributed by atoms with Gasteiger partial charge < -0.3 is 10.1 Å². The Hall–Kier alpha value is -2.36. The Balaban J connectivity index is 2.03. The molecule has 0 saturated heterocycles. The van der Waals surface area contributed by atoms with Crippen molar-refractivity contribution in [1.82, 2.24) is 5.32 Å². The first-order valence-corrected chi connectivity index (χ1v) is 8.08. The van der Waals surface area contributed by atoms with Crippen molar-refractivity contribution < 1.29 is 13.9 Å². The quantitative estimate of drug-likeness (QED) is 0.883. The Morgan fingerprint density at radius 2 is 1.58 bits per heavy atom. The van der Waals surface area contributed by atoms with Crippen molar-refractivity contribution in [3.8, 4) is 5.75 Å². The molecule has 3 nitrogen and oxygen atoms in total. The van der Waals surface area contributed by atoms with Crippen LogP contribution in [-0.2, 0) is 4.79 Å². The zero-order chi connectivity index (χ0) is 17.9. The van der Waals surface area contributed by atoms with Crippen LogP contribution in [0.5, 0.6) is 5.75 Å². The van der Waals surface area contributed by atoms with Crippen molar-refractivity contribution in [3.63, 3.8) is 0 Å². The fourth-order valence-electron chi connectivity index (χ4n) is 2.63. The summed E-state index contributed by atoms with van der Waals surface area (Å²) in [6.07, 6.45) is -0.662. The molecule has 2 rings (SSSR count). The highest BCUT2D eigenvalue weighted by atomic mass is 19.1. The molecule has 1 amide bonds. The molecule has 2 aromatic rings. The highest BCUT2D eigenvalue weighted by Crippen LogP contribution is 2.22. The van der Waals surface area contributed by atoms with Gasteiger partial charge in [-0.15, -0.1) is 0 Å². The summed E-state index contributed by atoms with van der Waals surface area (Å²) >= 11 is 0. The molecule has 0 aliphatic heterocycles. The van der Waals surface area contributed by atoms with Crippen LogP contribution in [0, 0.1) is 26.6 Å². The summed E-state index contributed by atoms with van der Waals surface area (Å²) in [6, 6.07) is 9.76. The Morgan fingerprint density at radius 1 is 1.00 bits per heavy atom. The summed E-state index contributed by atoms with van der Waals surface area (Å²) in [5, 5.41) is 2.98. The van der Waals surface area contributed by atoms with E-state index in [-0.39, 0.29) is 17.8 Å². The maximum absolute atomic E-state index is 12.9. The zero-order valence-electron chi connectivity index (χ0n) is 14.8.